The van der Waals surface area contributed by atoms with Crippen LogP contribution in [0.1, 0.15) is 6.42 Å². The molecule has 2 rings (SSSR count). The van der Waals surface area contributed by atoms with Gasteiger partial charge in [0, 0.05) is 25.7 Å². The highest BCUT2D eigenvalue weighted by Crippen LogP contribution is 2.16. The molecule has 1 amide bonds. The molecule has 0 radical (unpaired) electrons. The van der Waals surface area contributed by atoms with Gasteiger partial charge in [0.1, 0.15) is 11.6 Å². The molecule has 1 aliphatic heterocycles. The fraction of sp³-hybridized carbons (Fsp3) is 0.545. The van der Waals surface area contributed by atoms with Crippen LogP contribution in [0.15, 0.2) is 11.2 Å². The molecule has 0 aliphatic carbocycles. The van der Waals surface area contributed by atoms with E-state index >= 15 is 0 Å². The lowest BCUT2D eigenvalue weighted by Gasteiger charge is -2.19. The minimum absolute atomic E-state index is 0.0956. The number of nitrogens with one attached hydrogen (secondary N) is 1. The van der Waals surface area contributed by atoms with Crippen LogP contribution in [0.2, 0.25) is 0 Å². The largest absolute Gasteiger partial charge is 0.383 e. The highest BCUT2D eigenvalue weighted by molar-refractivity contribution is 7.99. The van der Waals surface area contributed by atoms with Crippen molar-refractivity contribution in [3.05, 3.63) is 6.07 Å². The second-order valence-electron chi connectivity index (χ2n) is 4.27. The van der Waals surface area contributed by atoms with E-state index in [-0.39, 0.29) is 5.91 Å². The quantitative estimate of drug-likeness (QED) is 0.509. The summed E-state index contributed by atoms with van der Waals surface area (Å²) >= 11 is 1.26. The van der Waals surface area contributed by atoms with Crippen LogP contribution >= 0.6 is 11.8 Å². The van der Waals surface area contributed by atoms with Crippen LogP contribution in [0.4, 0.5) is 11.6 Å². The Morgan fingerprint density at radius 1 is 1.32 bits per heavy atom. The molecule has 104 valence electrons. The maximum Gasteiger partial charge on any atom is 0.233 e. The minimum atomic E-state index is 0.0956. The Kier molecular flexibility index (Phi) is 4.80. The summed E-state index contributed by atoms with van der Waals surface area (Å²) in [6, 6.07) is 1.49. The molecule has 0 atom stereocenters. The van der Waals surface area contributed by atoms with E-state index in [0.29, 0.717) is 22.5 Å². The molecule has 0 bridgehead atoms. The number of rotatable bonds is 3. The molecular weight excluding hydrogens is 264 g/mol. The average molecular weight is 282 g/mol. The summed E-state index contributed by atoms with van der Waals surface area (Å²) in [5.41, 5.74) is 11.2. The molecule has 0 saturated carbocycles. The van der Waals surface area contributed by atoms with E-state index < -0.39 is 0 Å². The van der Waals surface area contributed by atoms with Gasteiger partial charge in [-0.25, -0.2) is 9.97 Å². The smallest absolute Gasteiger partial charge is 0.233 e. The van der Waals surface area contributed by atoms with Crippen LogP contribution in [0.25, 0.3) is 0 Å². The summed E-state index contributed by atoms with van der Waals surface area (Å²) in [6.45, 7) is 3.36. The van der Waals surface area contributed by atoms with Crippen molar-refractivity contribution >= 4 is 29.3 Å². The van der Waals surface area contributed by atoms with Crippen molar-refractivity contribution in [3.63, 3.8) is 0 Å². The fourth-order valence-electron chi connectivity index (χ4n) is 1.84. The van der Waals surface area contributed by atoms with Gasteiger partial charge in [0.25, 0.3) is 0 Å². The lowest BCUT2D eigenvalue weighted by Crippen LogP contribution is -2.35. The van der Waals surface area contributed by atoms with E-state index in [2.05, 4.69) is 15.3 Å². The van der Waals surface area contributed by atoms with Gasteiger partial charge < -0.3 is 21.7 Å². The molecule has 2 heterocycles. The Balaban J connectivity index is 1.88. The Hall–Kier alpha value is -1.54. The van der Waals surface area contributed by atoms with Crippen molar-refractivity contribution in [3.8, 4) is 0 Å². The molecule has 0 unspecified atom stereocenters. The van der Waals surface area contributed by atoms with Crippen molar-refractivity contribution in [1.82, 2.24) is 20.2 Å². The molecule has 7 nitrogen and oxygen atoms in total. The number of carbonyl (C=O) groups is 1. The number of nitrogen functional groups attached to an aromatic ring is 2. The minimum Gasteiger partial charge on any atom is -0.383 e. The number of amides is 1. The van der Waals surface area contributed by atoms with Gasteiger partial charge in [-0.05, 0) is 13.0 Å². The van der Waals surface area contributed by atoms with Crippen molar-refractivity contribution < 1.29 is 4.79 Å². The number of hydrogen-bond donors (Lipinski definition) is 3. The summed E-state index contributed by atoms with van der Waals surface area (Å²) in [7, 11) is 0. The zero-order valence-electron chi connectivity index (χ0n) is 10.6. The summed E-state index contributed by atoms with van der Waals surface area (Å²) in [4.78, 5) is 22.0. The first-order valence-corrected chi connectivity index (χ1v) is 7.15. The SMILES string of the molecule is Nc1cc(N)nc(SCC(=O)N2CCCNCC2)n1. The number of carbonyl (C=O) groups excluding carboxylic acids is 1. The standard InChI is InChI=1S/C11H18N6OS/c12-8-6-9(13)16-11(15-8)19-7-10(18)17-4-1-2-14-3-5-17/h6,14H,1-5,7H2,(H4,12,13,15,16). The van der Waals surface area contributed by atoms with Gasteiger partial charge in [0.15, 0.2) is 5.16 Å². The molecule has 1 aromatic rings. The summed E-state index contributed by atoms with van der Waals surface area (Å²) in [6.07, 6.45) is 0.984. The van der Waals surface area contributed by atoms with Gasteiger partial charge in [-0.15, -0.1) is 0 Å². The molecule has 0 spiro atoms. The predicted molar refractivity (Wildman–Crippen MR) is 75.6 cm³/mol. The van der Waals surface area contributed by atoms with Crippen LogP contribution in [0.5, 0.6) is 0 Å². The van der Waals surface area contributed by atoms with Gasteiger partial charge in [-0.3, -0.25) is 4.79 Å². The van der Waals surface area contributed by atoms with E-state index in [1.165, 1.54) is 17.8 Å². The maximum absolute atomic E-state index is 12.1. The Morgan fingerprint density at radius 3 is 2.79 bits per heavy atom. The molecule has 1 saturated heterocycles. The third kappa shape index (κ3) is 4.25. The van der Waals surface area contributed by atoms with Gasteiger partial charge in [0.2, 0.25) is 5.91 Å². The first-order chi connectivity index (χ1) is 9.15. The third-order valence-corrected chi connectivity index (χ3v) is 3.59. The number of thioether (sulfide) groups is 1. The van der Waals surface area contributed by atoms with Crippen molar-refractivity contribution in [2.45, 2.75) is 11.6 Å². The van der Waals surface area contributed by atoms with Crippen molar-refractivity contribution in [2.24, 2.45) is 0 Å². The predicted octanol–water partition coefficient (Wildman–Crippen LogP) is -0.445. The number of aromatic nitrogens is 2. The monoisotopic (exact) mass is 282 g/mol. The van der Waals surface area contributed by atoms with Crippen molar-refractivity contribution in [2.75, 3.05) is 43.4 Å². The third-order valence-electron chi connectivity index (χ3n) is 2.76. The average Bonchev–Trinajstić information content (AvgIpc) is 2.63. The van der Waals surface area contributed by atoms with Crippen LogP contribution in [0.3, 0.4) is 0 Å². The summed E-state index contributed by atoms with van der Waals surface area (Å²) in [5, 5.41) is 3.71. The number of nitrogens with zero attached hydrogens (tertiary/aromatic N) is 3. The topological polar surface area (TPSA) is 110 Å². The first-order valence-electron chi connectivity index (χ1n) is 6.16. The highest BCUT2D eigenvalue weighted by atomic mass is 32.2. The molecule has 8 heteroatoms. The fourth-order valence-corrected chi connectivity index (χ4v) is 2.61. The zero-order chi connectivity index (χ0) is 13.7. The summed E-state index contributed by atoms with van der Waals surface area (Å²) < 4.78 is 0. The number of anilines is 2. The molecule has 1 fully saturated rings. The molecule has 1 aliphatic rings. The van der Waals surface area contributed by atoms with Gasteiger partial charge in [-0.1, -0.05) is 11.8 Å². The molecule has 19 heavy (non-hydrogen) atoms. The normalized spacial score (nSPS) is 16.1. The molecule has 1 aromatic heterocycles. The Morgan fingerprint density at radius 2 is 2.05 bits per heavy atom. The van der Waals surface area contributed by atoms with Crippen molar-refractivity contribution in [1.29, 1.82) is 0 Å². The Labute approximate surface area is 116 Å². The van der Waals surface area contributed by atoms with Gasteiger partial charge >= 0.3 is 0 Å². The zero-order valence-corrected chi connectivity index (χ0v) is 11.4. The molecule has 0 aromatic carbocycles. The molecule has 5 N–H and O–H groups in total. The second kappa shape index (κ2) is 6.58. The van der Waals surface area contributed by atoms with E-state index in [1.54, 1.807) is 0 Å². The highest BCUT2D eigenvalue weighted by Gasteiger charge is 2.16. The Bertz CT molecular complexity index is 427. The maximum atomic E-state index is 12.1. The van der Waals surface area contributed by atoms with Crippen LogP contribution < -0.4 is 16.8 Å². The van der Waals surface area contributed by atoms with E-state index in [1.807, 2.05) is 4.90 Å². The number of hydrogen-bond acceptors (Lipinski definition) is 7. The van der Waals surface area contributed by atoms with Gasteiger partial charge in [-0.2, -0.15) is 0 Å². The molecular formula is C11H18N6OS. The van der Waals surface area contributed by atoms with Crippen LogP contribution in [-0.4, -0.2) is 52.7 Å². The number of nitrogens with two attached hydrogens (primary N) is 2. The lowest BCUT2D eigenvalue weighted by molar-refractivity contribution is -0.128. The van der Waals surface area contributed by atoms with E-state index in [9.17, 15) is 4.79 Å². The van der Waals surface area contributed by atoms with Gasteiger partial charge in [0.05, 0.1) is 5.75 Å². The van der Waals surface area contributed by atoms with E-state index in [0.717, 1.165) is 32.6 Å². The first kappa shape index (κ1) is 13.9. The van der Waals surface area contributed by atoms with Crippen LogP contribution in [-0.2, 0) is 4.79 Å². The van der Waals surface area contributed by atoms with Crippen LogP contribution in [0, 0.1) is 0 Å². The lowest BCUT2D eigenvalue weighted by atomic mass is 10.4. The summed E-state index contributed by atoms with van der Waals surface area (Å²) in [5.74, 6) is 1.05. The second-order valence-corrected chi connectivity index (χ2v) is 5.22. The van der Waals surface area contributed by atoms with E-state index in [4.69, 9.17) is 11.5 Å².